The second-order valence-corrected chi connectivity index (χ2v) is 5.92. The van der Waals surface area contributed by atoms with E-state index in [9.17, 15) is 4.79 Å². The van der Waals surface area contributed by atoms with E-state index in [1.807, 2.05) is 11.0 Å². The third-order valence-corrected chi connectivity index (χ3v) is 4.56. The van der Waals surface area contributed by atoms with E-state index in [2.05, 4.69) is 19.9 Å². The molecule has 23 heavy (non-hydrogen) atoms. The minimum Gasteiger partial charge on any atom is -0.367 e. The van der Waals surface area contributed by atoms with Crippen molar-refractivity contribution in [1.29, 1.82) is 0 Å². The van der Waals surface area contributed by atoms with Crippen molar-refractivity contribution >= 4 is 5.91 Å². The molecule has 1 amide bonds. The Kier molecular flexibility index (Phi) is 3.70. The summed E-state index contributed by atoms with van der Waals surface area (Å²) < 4.78 is 6.15. The highest BCUT2D eigenvalue weighted by molar-refractivity contribution is 5.92. The zero-order valence-electron chi connectivity index (χ0n) is 12.6. The molecule has 4 rings (SSSR count). The Morgan fingerprint density at radius 2 is 2.17 bits per heavy atom. The second kappa shape index (κ2) is 6.00. The molecule has 2 aliphatic heterocycles. The van der Waals surface area contributed by atoms with E-state index in [-0.39, 0.29) is 18.1 Å². The fourth-order valence-corrected chi connectivity index (χ4v) is 3.37. The molecule has 7 heteroatoms. The lowest BCUT2D eigenvalue weighted by Gasteiger charge is -2.33. The van der Waals surface area contributed by atoms with Crippen LogP contribution in [0, 0.1) is 5.92 Å². The highest BCUT2D eigenvalue weighted by atomic mass is 16.5. The number of carbonyl (C=O) groups is 1. The average molecular weight is 311 g/mol. The number of amides is 1. The molecule has 7 nitrogen and oxygen atoms in total. The van der Waals surface area contributed by atoms with Gasteiger partial charge in [0.25, 0.3) is 5.91 Å². The molecular formula is C16H17N5O2. The van der Waals surface area contributed by atoms with E-state index >= 15 is 0 Å². The number of fused-ring (bicyclic) bond motifs is 1. The molecule has 0 unspecified atom stereocenters. The van der Waals surface area contributed by atoms with E-state index < -0.39 is 0 Å². The summed E-state index contributed by atoms with van der Waals surface area (Å²) in [5.41, 5.74) is 1.30. The first kappa shape index (κ1) is 14.2. The van der Waals surface area contributed by atoms with Crippen molar-refractivity contribution < 1.29 is 9.53 Å². The maximum absolute atomic E-state index is 12.5. The number of likely N-dealkylation sites (tertiary alicyclic amines) is 1. The molecule has 0 aliphatic carbocycles. The first-order valence-electron chi connectivity index (χ1n) is 7.78. The molecular weight excluding hydrogens is 294 g/mol. The predicted molar refractivity (Wildman–Crippen MR) is 80.3 cm³/mol. The molecule has 0 N–H and O–H groups in total. The largest absolute Gasteiger partial charge is 0.367 e. The van der Waals surface area contributed by atoms with Crippen LogP contribution >= 0.6 is 0 Å². The summed E-state index contributed by atoms with van der Waals surface area (Å²) in [7, 11) is 0. The number of piperidine rings is 1. The third-order valence-electron chi connectivity index (χ3n) is 4.56. The van der Waals surface area contributed by atoms with E-state index in [4.69, 9.17) is 4.74 Å². The SMILES string of the molecule is O=C(c1cnccn1)N1CC[C@@H]2C[C@H](c3ccncn3)O[C@H]2C1. The molecule has 4 heterocycles. The molecule has 0 radical (unpaired) electrons. The Morgan fingerprint density at radius 1 is 1.22 bits per heavy atom. The van der Waals surface area contributed by atoms with Gasteiger partial charge in [-0.1, -0.05) is 0 Å². The van der Waals surface area contributed by atoms with Gasteiger partial charge in [-0.15, -0.1) is 0 Å². The summed E-state index contributed by atoms with van der Waals surface area (Å²) in [6.07, 6.45) is 9.85. The van der Waals surface area contributed by atoms with Gasteiger partial charge in [-0.2, -0.15) is 0 Å². The van der Waals surface area contributed by atoms with E-state index in [0.29, 0.717) is 18.2 Å². The van der Waals surface area contributed by atoms with Gasteiger partial charge in [-0.3, -0.25) is 9.78 Å². The molecule has 118 valence electrons. The molecule has 0 aromatic carbocycles. The Morgan fingerprint density at radius 3 is 2.96 bits per heavy atom. The van der Waals surface area contributed by atoms with Crippen LogP contribution in [0.3, 0.4) is 0 Å². The number of nitrogens with zero attached hydrogens (tertiary/aromatic N) is 5. The van der Waals surface area contributed by atoms with Crippen molar-refractivity contribution in [2.24, 2.45) is 5.92 Å². The fourth-order valence-electron chi connectivity index (χ4n) is 3.37. The van der Waals surface area contributed by atoms with Gasteiger partial charge in [0.2, 0.25) is 0 Å². The number of hydrogen-bond donors (Lipinski definition) is 0. The summed E-state index contributed by atoms with van der Waals surface area (Å²) >= 11 is 0. The summed E-state index contributed by atoms with van der Waals surface area (Å²) in [5, 5.41) is 0. The fraction of sp³-hybridized carbons (Fsp3) is 0.438. The zero-order chi connectivity index (χ0) is 15.6. The lowest BCUT2D eigenvalue weighted by molar-refractivity contribution is -0.00582. The molecule has 2 aromatic heterocycles. The predicted octanol–water partition coefficient (Wildman–Crippen LogP) is 1.26. The van der Waals surface area contributed by atoms with Crippen LogP contribution in [0.5, 0.6) is 0 Å². The van der Waals surface area contributed by atoms with Crippen molar-refractivity contribution in [3.63, 3.8) is 0 Å². The number of carbonyl (C=O) groups excluding carboxylic acids is 1. The Balaban J connectivity index is 1.45. The number of aromatic nitrogens is 4. The van der Waals surface area contributed by atoms with Crippen molar-refractivity contribution in [2.75, 3.05) is 13.1 Å². The third kappa shape index (κ3) is 2.79. The molecule has 2 fully saturated rings. The van der Waals surface area contributed by atoms with E-state index in [1.54, 1.807) is 18.7 Å². The summed E-state index contributed by atoms with van der Waals surface area (Å²) in [6, 6.07) is 1.89. The topological polar surface area (TPSA) is 81.1 Å². The van der Waals surface area contributed by atoms with E-state index in [0.717, 1.165) is 25.1 Å². The second-order valence-electron chi connectivity index (χ2n) is 5.92. The van der Waals surface area contributed by atoms with Gasteiger partial charge < -0.3 is 9.64 Å². The van der Waals surface area contributed by atoms with Crippen LogP contribution in [0.4, 0.5) is 0 Å². The maximum Gasteiger partial charge on any atom is 0.274 e. The van der Waals surface area contributed by atoms with Crippen molar-refractivity contribution in [2.45, 2.75) is 25.0 Å². The summed E-state index contributed by atoms with van der Waals surface area (Å²) in [5.74, 6) is 0.395. The monoisotopic (exact) mass is 311 g/mol. The quantitative estimate of drug-likeness (QED) is 0.830. The van der Waals surface area contributed by atoms with Crippen LogP contribution < -0.4 is 0 Å². The standard InChI is InChI=1S/C16H17N5O2/c22-16(13-8-17-4-5-19-13)21-6-2-11-7-14(23-15(11)9-21)12-1-3-18-10-20-12/h1,3-5,8,10-11,14-15H,2,6-7,9H2/t11-,14-,15+/m1/s1. The van der Waals surface area contributed by atoms with Crippen molar-refractivity contribution in [3.05, 3.63) is 48.6 Å². The van der Waals surface area contributed by atoms with Gasteiger partial charge in [0, 0.05) is 31.7 Å². The highest BCUT2D eigenvalue weighted by Crippen LogP contribution is 2.40. The Hall–Kier alpha value is -2.41. The smallest absolute Gasteiger partial charge is 0.274 e. The minimum atomic E-state index is -0.0781. The molecule has 2 saturated heterocycles. The number of hydrogen-bond acceptors (Lipinski definition) is 6. The highest BCUT2D eigenvalue weighted by Gasteiger charge is 2.41. The molecule has 2 aromatic rings. The van der Waals surface area contributed by atoms with Crippen LogP contribution in [0.2, 0.25) is 0 Å². The van der Waals surface area contributed by atoms with Crippen LogP contribution in [-0.4, -0.2) is 49.9 Å². The Labute approximate surface area is 133 Å². The lowest BCUT2D eigenvalue weighted by Crippen LogP contribution is -2.45. The van der Waals surface area contributed by atoms with Gasteiger partial charge in [0.1, 0.15) is 18.1 Å². The molecule has 0 spiro atoms. The number of rotatable bonds is 2. The van der Waals surface area contributed by atoms with Crippen LogP contribution in [0.1, 0.15) is 35.1 Å². The summed E-state index contributed by atoms with van der Waals surface area (Å²) in [4.78, 5) is 30.6. The summed E-state index contributed by atoms with van der Waals surface area (Å²) in [6.45, 7) is 1.33. The van der Waals surface area contributed by atoms with Crippen molar-refractivity contribution in [3.8, 4) is 0 Å². The maximum atomic E-state index is 12.5. The van der Waals surface area contributed by atoms with Crippen molar-refractivity contribution in [1.82, 2.24) is 24.8 Å². The molecule has 2 aliphatic rings. The van der Waals surface area contributed by atoms with Gasteiger partial charge in [0.15, 0.2) is 0 Å². The van der Waals surface area contributed by atoms with Gasteiger partial charge in [0.05, 0.1) is 18.0 Å². The van der Waals surface area contributed by atoms with Crippen LogP contribution in [0.15, 0.2) is 37.2 Å². The normalized spacial score (nSPS) is 26.8. The molecule has 3 atom stereocenters. The minimum absolute atomic E-state index is 0.000399. The Bertz CT molecular complexity index is 681. The molecule has 0 saturated carbocycles. The first-order chi connectivity index (χ1) is 11.3. The van der Waals surface area contributed by atoms with E-state index in [1.165, 1.54) is 12.4 Å². The lowest BCUT2D eigenvalue weighted by atomic mass is 9.91. The first-order valence-corrected chi connectivity index (χ1v) is 7.78. The average Bonchev–Trinajstić information content (AvgIpc) is 3.06. The number of ether oxygens (including phenoxy) is 1. The van der Waals surface area contributed by atoms with Gasteiger partial charge in [-0.25, -0.2) is 15.0 Å². The molecule has 0 bridgehead atoms. The zero-order valence-corrected chi connectivity index (χ0v) is 12.6. The van der Waals surface area contributed by atoms with Gasteiger partial charge >= 0.3 is 0 Å². The van der Waals surface area contributed by atoms with Crippen LogP contribution in [0.25, 0.3) is 0 Å². The van der Waals surface area contributed by atoms with Gasteiger partial charge in [-0.05, 0) is 24.8 Å². The van der Waals surface area contributed by atoms with Crippen LogP contribution in [-0.2, 0) is 4.74 Å².